The predicted molar refractivity (Wildman–Crippen MR) is 147 cm³/mol. The van der Waals surface area contributed by atoms with Gasteiger partial charge in [-0.05, 0) is 51.6 Å². The van der Waals surface area contributed by atoms with Gasteiger partial charge in [0.05, 0.1) is 40.3 Å². The molecule has 222 valence electrons. The molecule has 40 heavy (non-hydrogen) atoms. The Kier molecular flexibility index (Phi) is 11.3. The van der Waals surface area contributed by atoms with E-state index in [4.69, 9.17) is 28.3 Å². The van der Waals surface area contributed by atoms with Gasteiger partial charge in [0.15, 0.2) is 5.82 Å². The lowest BCUT2D eigenvalue weighted by Crippen LogP contribution is -2.51. The molecule has 1 aromatic heterocycles. The zero-order valence-corrected chi connectivity index (χ0v) is 24.7. The number of aliphatic carboxylic acids is 1. The summed E-state index contributed by atoms with van der Waals surface area (Å²) in [5, 5.41) is 32.0. The number of azo groups is 1. The quantitative estimate of drug-likeness (QED) is 0.189. The molecule has 16 heteroatoms. The van der Waals surface area contributed by atoms with Gasteiger partial charge >= 0.3 is 5.97 Å². The van der Waals surface area contributed by atoms with Gasteiger partial charge < -0.3 is 15.3 Å². The lowest BCUT2D eigenvalue weighted by Gasteiger charge is -2.39. The summed E-state index contributed by atoms with van der Waals surface area (Å²) in [6.45, 7) is 4.82. The minimum absolute atomic E-state index is 0.0540. The number of amides is 1. The minimum atomic E-state index is -4.33. The highest BCUT2D eigenvalue weighted by Gasteiger charge is 2.43. The molecular formula is C24H35Cl2N7O6S. The van der Waals surface area contributed by atoms with Crippen LogP contribution in [0.25, 0.3) is 0 Å². The first-order valence-electron chi connectivity index (χ1n) is 13.2. The van der Waals surface area contributed by atoms with E-state index >= 15 is 0 Å². The van der Waals surface area contributed by atoms with Crippen LogP contribution in [0.1, 0.15) is 70.4 Å². The van der Waals surface area contributed by atoms with E-state index in [0.29, 0.717) is 25.8 Å². The van der Waals surface area contributed by atoms with Gasteiger partial charge in [-0.15, -0.1) is 28.3 Å². The molecule has 3 N–H and O–H groups in total. The Balaban J connectivity index is 1.81. The molecule has 2 aliphatic rings. The van der Waals surface area contributed by atoms with Gasteiger partial charge in [0.1, 0.15) is 11.6 Å². The fourth-order valence-corrected chi connectivity index (χ4v) is 7.77. The van der Waals surface area contributed by atoms with Crippen LogP contribution in [0.4, 0.5) is 5.82 Å². The molecular weight excluding hydrogens is 585 g/mol. The number of carboxylic acids is 1. The Labute approximate surface area is 243 Å². The van der Waals surface area contributed by atoms with Gasteiger partial charge in [-0.25, -0.2) is 4.68 Å². The predicted octanol–water partition coefficient (Wildman–Crippen LogP) is 3.26. The van der Waals surface area contributed by atoms with Gasteiger partial charge in [-0.1, -0.05) is 6.92 Å². The fraction of sp³-hybridized carbons (Fsp3) is 0.750. The van der Waals surface area contributed by atoms with E-state index in [-0.39, 0.29) is 54.7 Å². The second-order valence-corrected chi connectivity index (χ2v) is 13.1. The van der Waals surface area contributed by atoms with Crippen LogP contribution >= 0.6 is 23.2 Å². The van der Waals surface area contributed by atoms with Crippen molar-refractivity contribution in [2.24, 2.45) is 10.2 Å². The lowest BCUT2D eigenvalue weighted by molar-refractivity contribution is -0.137. The van der Waals surface area contributed by atoms with E-state index < -0.39 is 38.1 Å². The number of nitriles is 1. The fourth-order valence-electron chi connectivity index (χ4n) is 5.59. The number of halogens is 2. The number of carbonyl (C=O) groups excluding carboxylic acids is 1. The Morgan fingerprint density at radius 3 is 2.50 bits per heavy atom. The van der Waals surface area contributed by atoms with Gasteiger partial charge in [0, 0.05) is 19.4 Å². The summed E-state index contributed by atoms with van der Waals surface area (Å²) in [4.78, 5) is 25.2. The second kappa shape index (κ2) is 14.0. The van der Waals surface area contributed by atoms with Gasteiger partial charge in [0.2, 0.25) is 5.91 Å². The molecule has 0 aliphatic heterocycles. The Morgan fingerprint density at radius 2 is 1.95 bits per heavy atom. The molecule has 2 aliphatic carbocycles. The third-order valence-corrected chi connectivity index (χ3v) is 9.64. The molecule has 2 saturated carbocycles. The number of alkyl halides is 2. The topological polar surface area (TPSA) is 190 Å². The number of rotatable bonds is 11. The summed E-state index contributed by atoms with van der Waals surface area (Å²) in [7, 11) is -4.33. The zero-order valence-electron chi connectivity index (χ0n) is 22.4. The average Bonchev–Trinajstić information content (AvgIpc) is 3.26. The number of hydrogen-bond acceptors (Lipinski definition) is 9. The number of carboxylic acid groups (broad SMARTS) is 1. The van der Waals surface area contributed by atoms with Crippen molar-refractivity contribution in [1.29, 1.82) is 5.26 Å². The molecule has 0 saturated heterocycles. The van der Waals surface area contributed by atoms with Crippen LogP contribution in [-0.2, 0) is 19.7 Å². The average molecular weight is 621 g/mol. The molecule has 2 fully saturated rings. The molecule has 13 nitrogen and oxygen atoms in total. The van der Waals surface area contributed by atoms with E-state index in [0.717, 1.165) is 13.0 Å². The van der Waals surface area contributed by atoms with Crippen molar-refractivity contribution in [3.63, 3.8) is 0 Å². The van der Waals surface area contributed by atoms with E-state index in [1.54, 1.807) is 0 Å². The molecule has 1 heterocycles. The summed E-state index contributed by atoms with van der Waals surface area (Å²) in [5.41, 5.74) is 0.133. The first-order chi connectivity index (χ1) is 18.8. The molecule has 0 bridgehead atoms. The smallest absolute Gasteiger partial charge is 0.303 e. The largest absolute Gasteiger partial charge is 0.481 e. The van der Waals surface area contributed by atoms with Crippen molar-refractivity contribution in [3.05, 3.63) is 11.8 Å². The van der Waals surface area contributed by atoms with Crippen molar-refractivity contribution in [3.8, 4) is 6.07 Å². The lowest BCUT2D eigenvalue weighted by atomic mass is 9.86. The van der Waals surface area contributed by atoms with Crippen molar-refractivity contribution in [2.45, 2.75) is 99.0 Å². The normalized spacial score (nSPS) is 29.4. The van der Waals surface area contributed by atoms with Crippen LogP contribution in [0.2, 0.25) is 0 Å². The highest BCUT2D eigenvalue weighted by molar-refractivity contribution is 7.86. The van der Waals surface area contributed by atoms with Crippen LogP contribution in [0.15, 0.2) is 16.4 Å². The minimum Gasteiger partial charge on any atom is -0.481 e. The molecule has 1 aromatic rings. The summed E-state index contributed by atoms with van der Waals surface area (Å²) in [6.07, 6.45) is 3.79. The summed E-state index contributed by atoms with van der Waals surface area (Å²) in [5.74, 6) is -0.922. The Bertz CT molecular complexity index is 1220. The van der Waals surface area contributed by atoms with Crippen LogP contribution in [0, 0.1) is 11.3 Å². The number of hydrogen-bond donors (Lipinski definition) is 3. The highest BCUT2D eigenvalue weighted by Crippen LogP contribution is 2.41. The first-order valence-corrected chi connectivity index (χ1v) is 15.6. The maximum absolute atomic E-state index is 12.0. The molecule has 5 unspecified atom stereocenters. The third-order valence-electron chi connectivity index (χ3n) is 7.54. The number of aromatic nitrogens is 2. The summed E-state index contributed by atoms with van der Waals surface area (Å²) >= 11 is 13.0. The maximum atomic E-state index is 12.0. The van der Waals surface area contributed by atoms with E-state index in [9.17, 15) is 27.8 Å². The van der Waals surface area contributed by atoms with Crippen LogP contribution in [0.3, 0.4) is 0 Å². The number of carbonyl (C=O) groups is 2. The highest BCUT2D eigenvalue weighted by atomic mass is 35.5. The molecule has 1 amide bonds. The molecule has 0 radical (unpaired) electrons. The van der Waals surface area contributed by atoms with Gasteiger partial charge in [-0.3, -0.25) is 14.1 Å². The first kappa shape index (κ1) is 32.2. The van der Waals surface area contributed by atoms with Crippen LogP contribution in [-0.4, -0.2) is 91.9 Å². The molecule has 5 atom stereocenters. The standard InChI is InChI=1S/C24H35Cl2N7O6S/c1-3-32(8-4-5-22(35)36)16-6-7-20(21(9-16)29-14(2)34)30-31-24-15(12-27)13-28-33(24)23-18(25)10-17(11-19(23)26)40(37,38)39/h13,16-21,23H,3-11H2,1-2H3,(H,29,34)(H,35,36)(H,37,38,39). The van der Waals surface area contributed by atoms with Crippen molar-refractivity contribution >= 4 is 51.0 Å². The van der Waals surface area contributed by atoms with Crippen LogP contribution in [0.5, 0.6) is 0 Å². The molecule has 0 aromatic carbocycles. The van der Waals surface area contributed by atoms with Gasteiger partial charge in [-0.2, -0.15) is 23.9 Å². The van der Waals surface area contributed by atoms with Crippen molar-refractivity contribution < 1.29 is 27.7 Å². The van der Waals surface area contributed by atoms with Gasteiger partial charge in [0.25, 0.3) is 10.1 Å². The summed E-state index contributed by atoms with van der Waals surface area (Å²) in [6, 6.07) is 0.738. The van der Waals surface area contributed by atoms with E-state index in [1.165, 1.54) is 17.8 Å². The number of nitrogens with one attached hydrogen (secondary N) is 1. The number of nitrogens with zero attached hydrogens (tertiary/aromatic N) is 6. The SMILES string of the molecule is CCN(CCCC(=O)O)C1CCC(N=Nc2c(C#N)cnn2C2C(Cl)CC(S(=O)(=O)O)CC2Cl)C(NC(C)=O)C1. The summed E-state index contributed by atoms with van der Waals surface area (Å²) < 4.78 is 34.2. The van der Waals surface area contributed by atoms with E-state index in [1.807, 2.05) is 13.0 Å². The second-order valence-electron chi connectivity index (χ2n) is 10.3. The van der Waals surface area contributed by atoms with Crippen molar-refractivity contribution in [2.75, 3.05) is 13.1 Å². The van der Waals surface area contributed by atoms with Crippen molar-refractivity contribution in [1.82, 2.24) is 20.0 Å². The Hall–Kier alpha value is -2.31. The maximum Gasteiger partial charge on any atom is 0.303 e. The molecule has 0 spiro atoms. The van der Waals surface area contributed by atoms with Crippen LogP contribution < -0.4 is 5.32 Å². The van der Waals surface area contributed by atoms with E-state index in [2.05, 4.69) is 25.5 Å². The third kappa shape index (κ3) is 8.13. The zero-order chi connectivity index (χ0) is 29.6. The monoisotopic (exact) mass is 619 g/mol. The Morgan fingerprint density at radius 1 is 1.27 bits per heavy atom. The molecule has 3 rings (SSSR count).